The van der Waals surface area contributed by atoms with Crippen molar-refractivity contribution in [3.8, 4) is 0 Å². The summed E-state index contributed by atoms with van der Waals surface area (Å²) in [5.74, 6) is -0.944. The zero-order valence-electron chi connectivity index (χ0n) is 16.1. The molecular formula is C18H28N2O5S. The molecule has 0 saturated carbocycles. The zero-order valence-corrected chi connectivity index (χ0v) is 17.0. The van der Waals surface area contributed by atoms with Crippen molar-refractivity contribution in [2.45, 2.75) is 64.6 Å². The molecule has 0 saturated heterocycles. The van der Waals surface area contributed by atoms with Crippen molar-refractivity contribution in [3.63, 3.8) is 0 Å². The van der Waals surface area contributed by atoms with Crippen LogP contribution in [0.1, 0.15) is 51.9 Å². The second kappa shape index (κ2) is 9.14. The highest BCUT2D eigenvalue weighted by atomic mass is 32.2. The fourth-order valence-corrected chi connectivity index (χ4v) is 3.68. The number of carbonyl (C=O) groups excluding carboxylic acids is 2. The maximum atomic E-state index is 12.5. The molecule has 0 aromatic heterocycles. The maximum absolute atomic E-state index is 12.5. The highest BCUT2D eigenvalue weighted by molar-refractivity contribution is 7.89. The van der Waals surface area contributed by atoms with E-state index in [9.17, 15) is 18.0 Å². The molecule has 1 amide bonds. The number of esters is 1. The summed E-state index contributed by atoms with van der Waals surface area (Å²) in [4.78, 5) is 26.5. The van der Waals surface area contributed by atoms with Crippen LogP contribution in [0.15, 0.2) is 29.2 Å². The monoisotopic (exact) mass is 384 g/mol. The van der Waals surface area contributed by atoms with Gasteiger partial charge in [0.1, 0.15) is 0 Å². The van der Waals surface area contributed by atoms with E-state index in [1.54, 1.807) is 11.8 Å². The van der Waals surface area contributed by atoms with Gasteiger partial charge in [0.15, 0.2) is 6.10 Å². The lowest BCUT2D eigenvalue weighted by molar-refractivity contribution is -0.143. The van der Waals surface area contributed by atoms with E-state index in [0.29, 0.717) is 0 Å². The van der Waals surface area contributed by atoms with Crippen LogP contribution in [0.5, 0.6) is 0 Å². The minimum atomic E-state index is -3.58. The first-order chi connectivity index (χ1) is 12.0. The van der Waals surface area contributed by atoms with Crippen LogP contribution in [0.3, 0.4) is 0 Å². The number of sulfonamides is 1. The smallest absolute Gasteiger partial charge is 0.338 e. The zero-order chi connectivity index (χ0) is 20.1. The summed E-state index contributed by atoms with van der Waals surface area (Å²) < 4.78 is 31.4. The molecule has 1 aromatic carbocycles. The number of ether oxygens (including phenoxy) is 1. The minimum absolute atomic E-state index is 0.0146. The molecule has 26 heavy (non-hydrogen) atoms. The Kier molecular flexibility index (Phi) is 7.77. The van der Waals surface area contributed by atoms with Gasteiger partial charge in [-0.2, -0.15) is 0 Å². The van der Waals surface area contributed by atoms with Gasteiger partial charge in [-0.3, -0.25) is 4.79 Å². The first-order valence-corrected chi connectivity index (χ1v) is 10.1. The van der Waals surface area contributed by atoms with E-state index in [2.05, 4.69) is 4.72 Å². The number of nitrogens with zero attached hydrogens (tertiary/aromatic N) is 1. The van der Waals surface area contributed by atoms with Gasteiger partial charge in [0, 0.05) is 18.6 Å². The van der Waals surface area contributed by atoms with Crippen molar-refractivity contribution < 1.29 is 22.7 Å². The predicted molar refractivity (Wildman–Crippen MR) is 99.3 cm³/mol. The van der Waals surface area contributed by atoms with Crippen molar-refractivity contribution in [3.05, 3.63) is 29.8 Å². The Balaban J connectivity index is 2.86. The molecule has 7 nitrogen and oxygen atoms in total. The van der Waals surface area contributed by atoms with Gasteiger partial charge in [-0.1, -0.05) is 6.92 Å². The molecule has 0 fully saturated rings. The molecule has 0 aliphatic rings. The molecule has 1 unspecified atom stereocenters. The number of carbonyl (C=O) groups is 2. The predicted octanol–water partition coefficient (Wildman–Crippen LogP) is 2.18. The molecule has 8 heteroatoms. The summed E-state index contributed by atoms with van der Waals surface area (Å²) >= 11 is 0. The molecule has 0 bridgehead atoms. The first kappa shape index (κ1) is 22.1. The molecule has 0 heterocycles. The molecule has 0 radical (unpaired) electrons. The third kappa shape index (κ3) is 5.54. The van der Waals surface area contributed by atoms with E-state index in [1.807, 2.05) is 27.7 Å². The van der Waals surface area contributed by atoms with Gasteiger partial charge in [-0.05, 0) is 58.9 Å². The van der Waals surface area contributed by atoms with E-state index in [0.717, 1.165) is 0 Å². The molecule has 146 valence electrons. The fraction of sp³-hybridized carbons (Fsp3) is 0.556. The van der Waals surface area contributed by atoms with Gasteiger partial charge in [0.05, 0.1) is 10.5 Å². The lowest BCUT2D eigenvalue weighted by Crippen LogP contribution is -2.47. The van der Waals surface area contributed by atoms with Gasteiger partial charge < -0.3 is 9.64 Å². The Labute approximate surface area is 155 Å². The second-order valence-electron chi connectivity index (χ2n) is 6.51. The summed E-state index contributed by atoms with van der Waals surface area (Å²) in [6.45, 7) is 11.1. The van der Waals surface area contributed by atoms with Crippen LogP contribution < -0.4 is 4.72 Å². The van der Waals surface area contributed by atoms with Gasteiger partial charge >= 0.3 is 5.97 Å². The molecule has 1 atom stereocenters. The molecule has 0 aliphatic carbocycles. The van der Waals surface area contributed by atoms with E-state index >= 15 is 0 Å². The summed E-state index contributed by atoms with van der Waals surface area (Å²) in [5.41, 5.74) is 0.181. The SMILES string of the molecule is CCNS(=O)(=O)c1ccc(C(=O)OC(C)C(=O)N(C(C)C)C(C)C)cc1. The topological polar surface area (TPSA) is 92.8 Å². The Hall–Kier alpha value is -1.93. The Morgan fingerprint density at radius 1 is 1.04 bits per heavy atom. The number of rotatable bonds is 8. The lowest BCUT2D eigenvalue weighted by Gasteiger charge is -2.32. The summed E-state index contributed by atoms with van der Waals surface area (Å²) in [7, 11) is -3.58. The van der Waals surface area contributed by atoms with Gasteiger partial charge in [0.2, 0.25) is 10.0 Å². The maximum Gasteiger partial charge on any atom is 0.338 e. The van der Waals surface area contributed by atoms with E-state index in [1.165, 1.54) is 31.2 Å². The average Bonchev–Trinajstić information content (AvgIpc) is 2.54. The van der Waals surface area contributed by atoms with Crippen LogP contribution in [0, 0.1) is 0 Å². The molecule has 1 rings (SSSR count). The van der Waals surface area contributed by atoms with Crippen molar-refractivity contribution in [2.24, 2.45) is 0 Å². The fourth-order valence-electron chi connectivity index (χ4n) is 2.64. The summed E-state index contributed by atoms with van der Waals surface area (Å²) in [6, 6.07) is 5.36. The van der Waals surface area contributed by atoms with Crippen molar-refractivity contribution in [2.75, 3.05) is 6.54 Å². The van der Waals surface area contributed by atoms with E-state index in [4.69, 9.17) is 4.74 Å². The number of hydrogen-bond donors (Lipinski definition) is 1. The average molecular weight is 384 g/mol. The molecule has 1 aromatic rings. The quantitative estimate of drug-likeness (QED) is 0.694. The normalized spacial score (nSPS) is 12.9. The molecular weight excluding hydrogens is 356 g/mol. The van der Waals surface area contributed by atoms with E-state index < -0.39 is 22.1 Å². The number of amides is 1. The second-order valence-corrected chi connectivity index (χ2v) is 8.27. The molecule has 0 spiro atoms. The third-order valence-electron chi connectivity index (χ3n) is 3.73. The molecule has 0 aliphatic heterocycles. The highest BCUT2D eigenvalue weighted by Crippen LogP contribution is 2.14. The van der Waals surface area contributed by atoms with Crippen LogP contribution in [-0.4, -0.2) is 49.9 Å². The Morgan fingerprint density at radius 2 is 1.54 bits per heavy atom. The summed E-state index contributed by atoms with van der Waals surface area (Å²) in [5, 5.41) is 0. The van der Waals surface area contributed by atoms with E-state index in [-0.39, 0.29) is 35.0 Å². The van der Waals surface area contributed by atoms with Crippen LogP contribution in [0.4, 0.5) is 0 Å². The molecule has 1 N–H and O–H groups in total. The standard InChI is InChI=1S/C18H28N2O5S/c1-7-19-26(23,24)16-10-8-15(9-11-16)18(22)25-14(6)17(21)20(12(2)3)13(4)5/h8-14,19H,7H2,1-6H3. The Morgan fingerprint density at radius 3 is 1.96 bits per heavy atom. The van der Waals surface area contributed by atoms with Crippen LogP contribution in [0.25, 0.3) is 0 Å². The number of nitrogens with one attached hydrogen (secondary N) is 1. The number of benzene rings is 1. The first-order valence-electron chi connectivity index (χ1n) is 8.64. The van der Waals surface area contributed by atoms with Gasteiger partial charge in [-0.25, -0.2) is 17.9 Å². The van der Waals surface area contributed by atoms with Crippen molar-refractivity contribution in [1.29, 1.82) is 0 Å². The van der Waals surface area contributed by atoms with Crippen LogP contribution in [-0.2, 0) is 19.6 Å². The van der Waals surface area contributed by atoms with Crippen molar-refractivity contribution >= 4 is 21.9 Å². The minimum Gasteiger partial charge on any atom is -0.449 e. The van der Waals surface area contributed by atoms with Gasteiger partial charge in [-0.15, -0.1) is 0 Å². The van der Waals surface area contributed by atoms with Crippen LogP contribution >= 0.6 is 0 Å². The van der Waals surface area contributed by atoms with Crippen LogP contribution in [0.2, 0.25) is 0 Å². The third-order valence-corrected chi connectivity index (χ3v) is 5.29. The summed E-state index contributed by atoms with van der Waals surface area (Å²) in [6.07, 6.45) is -0.933. The highest BCUT2D eigenvalue weighted by Gasteiger charge is 2.28. The largest absolute Gasteiger partial charge is 0.449 e. The lowest BCUT2D eigenvalue weighted by atomic mass is 10.2. The van der Waals surface area contributed by atoms with Crippen molar-refractivity contribution in [1.82, 2.24) is 9.62 Å². The number of hydrogen-bond acceptors (Lipinski definition) is 5. The van der Waals surface area contributed by atoms with Gasteiger partial charge in [0.25, 0.3) is 5.91 Å². The Bertz CT molecular complexity index is 718.